The number of rotatable bonds is 6. The molecule has 0 atom stereocenters. The van der Waals surface area contributed by atoms with Crippen LogP contribution in [-0.2, 0) is 6.54 Å². The number of benzene rings is 1. The molecule has 1 N–H and O–H groups in total. The van der Waals surface area contributed by atoms with Crippen LogP contribution < -0.4 is 10.1 Å². The van der Waals surface area contributed by atoms with E-state index in [0.717, 1.165) is 21.9 Å². The van der Waals surface area contributed by atoms with Gasteiger partial charge in [-0.05, 0) is 60.3 Å². The van der Waals surface area contributed by atoms with Gasteiger partial charge in [-0.15, -0.1) is 11.3 Å². The molecule has 0 saturated carbocycles. The van der Waals surface area contributed by atoms with Gasteiger partial charge in [-0.3, -0.25) is 9.78 Å². The second-order valence-corrected chi connectivity index (χ2v) is 6.11. The summed E-state index contributed by atoms with van der Waals surface area (Å²) in [6.07, 6.45) is 1.77. The number of ether oxygens (including phenoxy) is 1. The Bertz CT molecular complexity index is 798. The van der Waals surface area contributed by atoms with Crippen molar-refractivity contribution in [2.45, 2.75) is 13.5 Å². The van der Waals surface area contributed by atoms with Crippen molar-refractivity contribution < 1.29 is 9.53 Å². The number of thiophene rings is 1. The van der Waals surface area contributed by atoms with Crippen LogP contribution in [0.2, 0.25) is 0 Å². The SMILES string of the molecule is CCOc1ccc(C(=O)NCc2ccnc(-c3cccs3)c2)cc1. The molecular weight excluding hydrogens is 320 g/mol. The highest BCUT2D eigenvalue weighted by Gasteiger charge is 2.07. The summed E-state index contributed by atoms with van der Waals surface area (Å²) in [5.41, 5.74) is 2.57. The minimum Gasteiger partial charge on any atom is -0.494 e. The summed E-state index contributed by atoms with van der Waals surface area (Å²) in [6, 6.07) is 15.1. The number of nitrogens with one attached hydrogen (secondary N) is 1. The maximum Gasteiger partial charge on any atom is 0.251 e. The van der Waals surface area contributed by atoms with Crippen LogP contribution in [0, 0.1) is 0 Å². The van der Waals surface area contributed by atoms with E-state index in [2.05, 4.69) is 10.3 Å². The first kappa shape index (κ1) is 16.2. The molecule has 4 nitrogen and oxygen atoms in total. The number of hydrogen-bond acceptors (Lipinski definition) is 4. The summed E-state index contributed by atoms with van der Waals surface area (Å²) < 4.78 is 5.38. The molecule has 3 rings (SSSR count). The van der Waals surface area contributed by atoms with Crippen molar-refractivity contribution in [2.24, 2.45) is 0 Å². The number of amides is 1. The van der Waals surface area contributed by atoms with E-state index in [9.17, 15) is 4.79 Å². The van der Waals surface area contributed by atoms with Crippen LogP contribution in [0.15, 0.2) is 60.1 Å². The Morgan fingerprint density at radius 3 is 2.75 bits per heavy atom. The second kappa shape index (κ2) is 7.75. The lowest BCUT2D eigenvalue weighted by Gasteiger charge is -2.08. The minimum absolute atomic E-state index is 0.104. The molecule has 5 heteroatoms. The topological polar surface area (TPSA) is 51.2 Å². The zero-order chi connectivity index (χ0) is 16.8. The maximum atomic E-state index is 12.2. The Kier molecular flexibility index (Phi) is 5.23. The van der Waals surface area contributed by atoms with Gasteiger partial charge in [0.1, 0.15) is 5.75 Å². The Hall–Kier alpha value is -2.66. The average molecular weight is 338 g/mol. The molecule has 0 unspecified atom stereocenters. The van der Waals surface area contributed by atoms with Gasteiger partial charge in [0.25, 0.3) is 5.91 Å². The average Bonchev–Trinajstić information content (AvgIpc) is 3.16. The van der Waals surface area contributed by atoms with Crippen LogP contribution >= 0.6 is 11.3 Å². The Morgan fingerprint density at radius 2 is 2.04 bits per heavy atom. The van der Waals surface area contributed by atoms with Gasteiger partial charge in [0.2, 0.25) is 0 Å². The predicted molar refractivity (Wildman–Crippen MR) is 96.3 cm³/mol. The lowest BCUT2D eigenvalue weighted by Crippen LogP contribution is -2.22. The fourth-order valence-electron chi connectivity index (χ4n) is 2.30. The molecule has 1 aromatic carbocycles. The highest BCUT2D eigenvalue weighted by Crippen LogP contribution is 2.23. The van der Waals surface area contributed by atoms with Gasteiger partial charge < -0.3 is 10.1 Å². The molecule has 0 saturated heterocycles. The summed E-state index contributed by atoms with van der Waals surface area (Å²) in [5.74, 6) is 0.663. The first-order chi connectivity index (χ1) is 11.8. The fourth-order valence-corrected chi connectivity index (χ4v) is 2.99. The summed E-state index contributed by atoms with van der Waals surface area (Å²) >= 11 is 1.65. The van der Waals surface area contributed by atoms with Crippen molar-refractivity contribution in [3.8, 4) is 16.3 Å². The van der Waals surface area contributed by atoms with Gasteiger partial charge in [-0.1, -0.05) is 6.07 Å². The molecule has 3 aromatic rings. The molecule has 2 heterocycles. The molecule has 122 valence electrons. The van der Waals surface area contributed by atoms with E-state index < -0.39 is 0 Å². The number of nitrogens with zero attached hydrogens (tertiary/aromatic N) is 1. The van der Waals surface area contributed by atoms with Crippen molar-refractivity contribution in [2.75, 3.05) is 6.61 Å². The highest BCUT2D eigenvalue weighted by molar-refractivity contribution is 7.13. The summed E-state index contributed by atoms with van der Waals surface area (Å²) in [6.45, 7) is 3.01. The molecule has 0 bridgehead atoms. The minimum atomic E-state index is -0.104. The van der Waals surface area contributed by atoms with Gasteiger partial charge in [-0.25, -0.2) is 0 Å². The van der Waals surface area contributed by atoms with Gasteiger partial charge >= 0.3 is 0 Å². The number of carbonyl (C=O) groups excluding carboxylic acids is 1. The third-order valence-corrected chi connectivity index (χ3v) is 4.37. The molecule has 0 aliphatic carbocycles. The van der Waals surface area contributed by atoms with Crippen molar-refractivity contribution >= 4 is 17.2 Å². The van der Waals surface area contributed by atoms with E-state index in [1.165, 1.54) is 0 Å². The summed E-state index contributed by atoms with van der Waals surface area (Å²) in [7, 11) is 0. The summed E-state index contributed by atoms with van der Waals surface area (Å²) in [5, 5.41) is 4.96. The first-order valence-corrected chi connectivity index (χ1v) is 8.64. The van der Waals surface area contributed by atoms with Crippen LogP contribution in [0.1, 0.15) is 22.8 Å². The number of aromatic nitrogens is 1. The lowest BCUT2D eigenvalue weighted by molar-refractivity contribution is 0.0951. The lowest BCUT2D eigenvalue weighted by atomic mass is 10.2. The van der Waals surface area contributed by atoms with Crippen LogP contribution in [0.5, 0.6) is 5.75 Å². The first-order valence-electron chi connectivity index (χ1n) is 7.76. The third-order valence-electron chi connectivity index (χ3n) is 3.48. The van der Waals surface area contributed by atoms with E-state index in [0.29, 0.717) is 18.7 Å². The van der Waals surface area contributed by atoms with E-state index in [-0.39, 0.29) is 5.91 Å². The van der Waals surface area contributed by atoms with Gasteiger partial charge in [0, 0.05) is 18.3 Å². The molecule has 24 heavy (non-hydrogen) atoms. The van der Waals surface area contributed by atoms with Gasteiger partial charge in [-0.2, -0.15) is 0 Å². The monoisotopic (exact) mass is 338 g/mol. The maximum absolute atomic E-state index is 12.2. The Balaban J connectivity index is 1.63. The van der Waals surface area contributed by atoms with E-state index in [4.69, 9.17) is 4.74 Å². The van der Waals surface area contributed by atoms with E-state index in [1.54, 1.807) is 41.8 Å². The van der Waals surface area contributed by atoms with Crippen LogP contribution in [-0.4, -0.2) is 17.5 Å². The molecule has 0 aliphatic rings. The van der Waals surface area contributed by atoms with Gasteiger partial charge in [0.05, 0.1) is 17.2 Å². The van der Waals surface area contributed by atoms with E-state index in [1.807, 2.05) is 36.6 Å². The van der Waals surface area contributed by atoms with Crippen molar-refractivity contribution in [3.63, 3.8) is 0 Å². The van der Waals surface area contributed by atoms with Crippen LogP contribution in [0.4, 0.5) is 0 Å². The standard InChI is InChI=1S/C19H18N2O2S/c1-2-23-16-7-5-15(6-8-16)19(22)21-13-14-9-10-20-17(12-14)18-4-3-11-24-18/h3-12H,2,13H2,1H3,(H,21,22). The quantitative estimate of drug-likeness (QED) is 0.735. The molecule has 1 amide bonds. The van der Waals surface area contributed by atoms with Gasteiger partial charge in [0.15, 0.2) is 0 Å². The Morgan fingerprint density at radius 1 is 1.21 bits per heavy atom. The molecule has 2 aromatic heterocycles. The highest BCUT2D eigenvalue weighted by atomic mass is 32.1. The van der Waals surface area contributed by atoms with Crippen LogP contribution in [0.3, 0.4) is 0 Å². The smallest absolute Gasteiger partial charge is 0.251 e. The summed E-state index contributed by atoms with van der Waals surface area (Å²) in [4.78, 5) is 17.7. The number of hydrogen-bond donors (Lipinski definition) is 1. The third kappa shape index (κ3) is 4.00. The molecular formula is C19H18N2O2S. The van der Waals surface area contributed by atoms with Crippen molar-refractivity contribution in [1.82, 2.24) is 10.3 Å². The molecule has 0 radical (unpaired) electrons. The molecule has 0 spiro atoms. The van der Waals surface area contributed by atoms with Crippen molar-refractivity contribution in [3.05, 3.63) is 71.2 Å². The number of carbonyl (C=O) groups is 1. The largest absolute Gasteiger partial charge is 0.494 e. The zero-order valence-electron chi connectivity index (χ0n) is 13.4. The molecule has 0 aliphatic heterocycles. The number of pyridine rings is 1. The molecule has 0 fully saturated rings. The fraction of sp³-hybridized carbons (Fsp3) is 0.158. The Labute approximate surface area is 145 Å². The second-order valence-electron chi connectivity index (χ2n) is 5.17. The van der Waals surface area contributed by atoms with Crippen LogP contribution in [0.25, 0.3) is 10.6 Å². The predicted octanol–water partition coefficient (Wildman–Crippen LogP) is 4.14. The normalized spacial score (nSPS) is 10.4. The van der Waals surface area contributed by atoms with Crippen molar-refractivity contribution in [1.29, 1.82) is 0 Å². The van der Waals surface area contributed by atoms with E-state index >= 15 is 0 Å². The zero-order valence-corrected chi connectivity index (χ0v) is 14.2.